The van der Waals surface area contributed by atoms with Gasteiger partial charge in [0.1, 0.15) is 6.04 Å². The van der Waals surface area contributed by atoms with Gasteiger partial charge in [-0.05, 0) is 30.2 Å². The summed E-state index contributed by atoms with van der Waals surface area (Å²) in [5, 5.41) is 0. The van der Waals surface area contributed by atoms with E-state index in [-0.39, 0.29) is 24.3 Å². The Morgan fingerprint density at radius 3 is 2.14 bits per heavy atom. The van der Waals surface area contributed by atoms with E-state index in [1.807, 2.05) is 36.4 Å². The van der Waals surface area contributed by atoms with Crippen molar-refractivity contribution >= 4 is 30.1 Å². The second kappa shape index (κ2) is 7.18. The Hall–Kier alpha value is -1.49. The summed E-state index contributed by atoms with van der Waals surface area (Å²) in [6.45, 7) is 2.14. The van der Waals surface area contributed by atoms with Gasteiger partial charge in [-0.25, -0.2) is 0 Å². The normalized spacial score (nSPS) is 14.3. The fourth-order valence-electron chi connectivity index (χ4n) is 2.71. The van der Waals surface area contributed by atoms with E-state index in [9.17, 15) is 4.79 Å². The highest BCUT2D eigenvalue weighted by Crippen LogP contribution is 2.46. The number of hydrogen-bond acceptors (Lipinski definition) is 4. The number of benzene rings is 2. The van der Waals surface area contributed by atoms with Crippen molar-refractivity contribution in [3.63, 3.8) is 0 Å². The minimum atomic E-state index is -0.687. The number of ether oxygens (including phenoxy) is 1. The summed E-state index contributed by atoms with van der Waals surface area (Å²) in [6.07, 6.45) is 0. The first-order chi connectivity index (χ1) is 10.2. The Bertz CT molecular complexity index is 632. The predicted octanol–water partition coefficient (Wildman–Crippen LogP) is 3.60. The number of carbonyl (C=O) groups excluding carboxylic acids is 1. The summed E-state index contributed by atoms with van der Waals surface area (Å²) in [6, 6.07) is 15.5. The number of halogens is 1. The number of carbonyl (C=O) groups is 1. The van der Waals surface area contributed by atoms with Crippen molar-refractivity contribution in [3.8, 4) is 0 Å². The van der Waals surface area contributed by atoms with Gasteiger partial charge in [0.15, 0.2) is 0 Å². The molecule has 2 aromatic rings. The third-order valence-electron chi connectivity index (χ3n) is 3.65. The van der Waals surface area contributed by atoms with Crippen LogP contribution in [-0.4, -0.2) is 18.6 Å². The molecular weight excluding hydrogens is 318 g/mol. The molecule has 0 bridgehead atoms. The number of nitrogens with two attached hydrogens (primary N) is 1. The molecule has 1 unspecified atom stereocenters. The smallest absolute Gasteiger partial charge is 0.323 e. The molecule has 0 aromatic heterocycles. The predicted molar refractivity (Wildman–Crippen MR) is 90.7 cm³/mol. The topological polar surface area (TPSA) is 52.3 Å². The van der Waals surface area contributed by atoms with Gasteiger partial charge in [0, 0.05) is 15.7 Å². The number of hydrogen-bond donors (Lipinski definition) is 1. The highest BCUT2D eigenvalue weighted by Gasteiger charge is 2.34. The van der Waals surface area contributed by atoms with Gasteiger partial charge < -0.3 is 10.5 Å². The maximum atomic E-state index is 12.1. The monoisotopic (exact) mass is 335 g/mol. The van der Waals surface area contributed by atoms with Crippen LogP contribution >= 0.6 is 24.2 Å². The fraction of sp³-hybridized carbons (Fsp3) is 0.235. The van der Waals surface area contributed by atoms with E-state index in [4.69, 9.17) is 10.5 Å². The lowest BCUT2D eigenvalue weighted by Gasteiger charge is -2.30. The molecule has 0 amide bonds. The molecule has 116 valence electrons. The lowest BCUT2D eigenvalue weighted by molar-refractivity contribution is -0.145. The third-order valence-corrected chi connectivity index (χ3v) is 4.83. The maximum absolute atomic E-state index is 12.1. The average Bonchev–Trinajstić information content (AvgIpc) is 2.52. The molecule has 22 heavy (non-hydrogen) atoms. The fourth-order valence-corrected chi connectivity index (χ4v) is 3.86. The van der Waals surface area contributed by atoms with Crippen molar-refractivity contribution in [1.82, 2.24) is 0 Å². The van der Waals surface area contributed by atoms with Crippen molar-refractivity contribution in [1.29, 1.82) is 0 Å². The molecule has 0 aliphatic carbocycles. The molecule has 5 heteroatoms. The lowest BCUT2D eigenvalue weighted by atomic mass is 9.85. The van der Waals surface area contributed by atoms with Gasteiger partial charge in [-0.15, -0.1) is 12.4 Å². The summed E-state index contributed by atoms with van der Waals surface area (Å²) in [7, 11) is 0. The second-order valence-corrected chi connectivity index (χ2v) is 6.02. The number of fused-ring (bicyclic) bond motifs is 2. The van der Waals surface area contributed by atoms with Crippen LogP contribution < -0.4 is 5.73 Å². The van der Waals surface area contributed by atoms with Crippen LogP contribution in [0.2, 0.25) is 0 Å². The van der Waals surface area contributed by atoms with Gasteiger partial charge >= 0.3 is 5.97 Å². The zero-order valence-electron chi connectivity index (χ0n) is 12.2. The summed E-state index contributed by atoms with van der Waals surface area (Å²) in [5.41, 5.74) is 8.42. The zero-order chi connectivity index (χ0) is 14.8. The van der Waals surface area contributed by atoms with Crippen LogP contribution in [-0.2, 0) is 9.53 Å². The van der Waals surface area contributed by atoms with Crippen LogP contribution in [0.3, 0.4) is 0 Å². The summed E-state index contributed by atoms with van der Waals surface area (Å²) in [4.78, 5) is 14.4. The molecule has 1 aliphatic heterocycles. The van der Waals surface area contributed by atoms with Gasteiger partial charge in [-0.3, -0.25) is 4.79 Å². The molecule has 0 saturated carbocycles. The molecule has 1 atom stereocenters. The molecule has 0 radical (unpaired) electrons. The molecule has 0 spiro atoms. The zero-order valence-corrected chi connectivity index (χ0v) is 13.8. The van der Waals surface area contributed by atoms with E-state index in [0.717, 1.165) is 20.9 Å². The van der Waals surface area contributed by atoms with E-state index in [1.165, 1.54) is 0 Å². The van der Waals surface area contributed by atoms with Gasteiger partial charge in [-0.1, -0.05) is 48.2 Å². The molecule has 0 fully saturated rings. The van der Waals surface area contributed by atoms with Crippen molar-refractivity contribution in [2.45, 2.75) is 28.7 Å². The molecular formula is C17H18ClNO2S. The van der Waals surface area contributed by atoms with Crippen molar-refractivity contribution in [2.24, 2.45) is 5.73 Å². The first-order valence-electron chi connectivity index (χ1n) is 7.00. The van der Waals surface area contributed by atoms with Crippen molar-refractivity contribution in [3.05, 3.63) is 59.7 Å². The Morgan fingerprint density at radius 2 is 1.64 bits per heavy atom. The quantitative estimate of drug-likeness (QED) is 0.871. The van der Waals surface area contributed by atoms with Crippen LogP contribution in [0.5, 0.6) is 0 Å². The standard InChI is InChI=1S/C17H17NO2S.ClH/c1-2-20-17(19)16(18)15-11-7-3-5-9-13(11)21-14-10-6-4-8-12(14)15;/h3-10,15-16H,2,18H2,1H3;1H. The maximum Gasteiger partial charge on any atom is 0.323 e. The summed E-state index contributed by atoms with van der Waals surface area (Å²) in [5.74, 6) is -0.503. The molecule has 0 saturated heterocycles. The number of rotatable bonds is 3. The molecule has 3 rings (SSSR count). The van der Waals surface area contributed by atoms with Crippen LogP contribution in [0.4, 0.5) is 0 Å². The molecule has 1 aliphatic rings. The van der Waals surface area contributed by atoms with Crippen LogP contribution in [0.1, 0.15) is 24.0 Å². The highest BCUT2D eigenvalue weighted by atomic mass is 35.5. The van der Waals surface area contributed by atoms with Crippen molar-refractivity contribution in [2.75, 3.05) is 6.61 Å². The Morgan fingerprint density at radius 1 is 1.14 bits per heavy atom. The summed E-state index contributed by atoms with van der Waals surface area (Å²) < 4.78 is 5.12. The van der Waals surface area contributed by atoms with E-state index in [1.54, 1.807) is 18.7 Å². The van der Waals surface area contributed by atoms with E-state index >= 15 is 0 Å². The largest absolute Gasteiger partial charge is 0.465 e. The minimum Gasteiger partial charge on any atom is -0.465 e. The minimum absolute atomic E-state index is 0. The summed E-state index contributed by atoms with van der Waals surface area (Å²) >= 11 is 1.72. The van der Waals surface area contributed by atoms with E-state index in [0.29, 0.717) is 6.61 Å². The van der Waals surface area contributed by atoms with Crippen LogP contribution in [0.25, 0.3) is 0 Å². The molecule has 2 aromatic carbocycles. The molecule has 2 N–H and O–H groups in total. The van der Waals surface area contributed by atoms with E-state index < -0.39 is 6.04 Å². The molecule has 3 nitrogen and oxygen atoms in total. The Kier molecular flexibility index (Phi) is 5.51. The lowest BCUT2D eigenvalue weighted by Crippen LogP contribution is -2.39. The van der Waals surface area contributed by atoms with Crippen molar-refractivity contribution < 1.29 is 9.53 Å². The second-order valence-electron chi connectivity index (χ2n) is 4.93. The third kappa shape index (κ3) is 3.00. The molecule has 1 heterocycles. The van der Waals surface area contributed by atoms with Crippen LogP contribution in [0.15, 0.2) is 58.3 Å². The van der Waals surface area contributed by atoms with E-state index in [2.05, 4.69) is 12.1 Å². The average molecular weight is 336 g/mol. The SMILES string of the molecule is CCOC(=O)C(N)C1c2ccccc2Sc2ccccc21.Cl. The Balaban J connectivity index is 0.00000176. The first-order valence-corrected chi connectivity index (χ1v) is 7.82. The first kappa shape index (κ1) is 16.9. The van der Waals surface area contributed by atoms with Gasteiger partial charge in [0.2, 0.25) is 0 Å². The van der Waals surface area contributed by atoms with Crippen LogP contribution in [0, 0.1) is 0 Å². The van der Waals surface area contributed by atoms with Gasteiger partial charge in [-0.2, -0.15) is 0 Å². The number of esters is 1. The van der Waals surface area contributed by atoms with Gasteiger partial charge in [0.25, 0.3) is 0 Å². The van der Waals surface area contributed by atoms with Gasteiger partial charge in [0.05, 0.1) is 6.61 Å². The highest BCUT2D eigenvalue weighted by molar-refractivity contribution is 7.99. The Labute approximate surface area is 140 Å².